The molecule has 1 aromatic rings. The number of aryl methyl sites for hydroxylation is 1. The lowest BCUT2D eigenvalue weighted by Gasteiger charge is -2.12. The summed E-state index contributed by atoms with van der Waals surface area (Å²) in [6.07, 6.45) is -0.465. The monoisotopic (exact) mass is 251 g/mol. The number of hydrogen-bond donors (Lipinski definition) is 3. The van der Waals surface area contributed by atoms with Gasteiger partial charge in [0.05, 0.1) is 6.42 Å². The molecule has 1 atom stereocenters. The molecule has 1 rings (SSSR count). The highest BCUT2D eigenvalue weighted by atomic mass is 16.4. The number of nitrogens with two attached hydrogens (primary N) is 1. The van der Waals surface area contributed by atoms with Crippen LogP contribution in [0.25, 0.3) is 0 Å². The molecule has 0 aliphatic carbocycles. The Kier molecular flexibility index (Phi) is 4.36. The third-order valence-electron chi connectivity index (χ3n) is 2.13. The van der Waals surface area contributed by atoms with E-state index in [1.165, 1.54) is 6.07 Å². The van der Waals surface area contributed by atoms with Crippen LogP contribution in [0.15, 0.2) is 18.2 Å². The van der Waals surface area contributed by atoms with E-state index < -0.39 is 30.2 Å². The van der Waals surface area contributed by atoms with Gasteiger partial charge in [-0.2, -0.15) is 0 Å². The number of pyridine rings is 1. The van der Waals surface area contributed by atoms with Crippen molar-refractivity contribution >= 4 is 17.8 Å². The van der Waals surface area contributed by atoms with Crippen molar-refractivity contribution in [2.45, 2.75) is 19.4 Å². The van der Waals surface area contributed by atoms with Crippen LogP contribution in [0.3, 0.4) is 0 Å². The molecule has 0 saturated carbocycles. The van der Waals surface area contributed by atoms with Crippen LogP contribution in [0.2, 0.25) is 0 Å². The van der Waals surface area contributed by atoms with Crippen molar-refractivity contribution in [3.8, 4) is 0 Å². The summed E-state index contributed by atoms with van der Waals surface area (Å²) in [6, 6.07) is 3.43. The highest BCUT2D eigenvalue weighted by Crippen LogP contribution is 2.00. The molecule has 0 spiro atoms. The molecule has 0 bridgehead atoms. The van der Waals surface area contributed by atoms with Crippen LogP contribution < -0.4 is 11.1 Å². The smallest absolute Gasteiger partial charge is 0.326 e. The molecular formula is C11H13N3O4. The van der Waals surface area contributed by atoms with Gasteiger partial charge in [0.2, 0.25) is 5.91 Å². The van der Waals surface area contributed by atoms with Gasteiger partial charge in [-0.3, -0.25) is 9.59 Å². The zero-order chi connectivity index (χ0) is 13.7. The first-order valence-corrected chi connectivity index (χ1v) is 5.16. The van der Waals surface area contributed by atoms with Crippen molar-refractivity contribution in [1.82, 2.24) is 10.3 Å². The predicted octanol–water partition coefficient (Wildman–Crippen LogP) is -0.552. The summed E-state index contributed by atoms with van der Waals surface area (Å²) in [4.78, 5) is 37.2. The first kappa shape index (κ1) is 13.6. The largest absolute Gasteiger partial charge is 0.480 e. The third-order valence-corrected chi connectivity index (χ3v) is 2.13. The van der Waals surface area contributed by atoms with E-state index in [1.54, 1.807) is 19.1 Å². The van der Waals surface area contributed by atoms with Gasteiger partial charge in [0, 0.05) is 5.69 Å². The predicted molar refractivity (Wildman–Crippen MR) is 61.7 cm³/mol. The number of rotatable bonds is 5. The first-order valence-electron chi connectivity index (χ1n) is 5.16. The van der Waals surface area contributed by atoms with E-state index in [2.05, 4.69) is 10.3 Å². The summed E-state index contributed by atoms with van der Waals surface area (Å²) in [5.41, 5.74) is 5.62. The second kappa shape index (κ2) is 5.76. The molecule has 7 nitrogen and oxygen atoms in total. The van der Waals surface area contributed by atoms with Gasteiger partial charge in [-0.05, 0) is 19.1 Å². The van der Waals surface area contributed by atoms with E-state index in [-0.39, 0.29) is 5.69 Å². The number of nitrogens with zero attached hydrogens (tertiary/aromatic N) is 1. The maximum atomic E-state index is 11.7. The Morgan fingerprint density at radius 1 is 1.44 bits per heavy atom. The number of carboxylic acid groups (broad SMARTS) is 1. The first-order chi connectivity index (χ1) is 8.40. The third kappa shape index (κ3) is 3.85. The minimum Gasteiger partial charge on any atom is -0.480 e. The van der Waals surface area contributed by atoms with Gasteiger partial charge < -0.3 is 16.2 Å². The molecule has 1 heterocycles. The molecule has 18 heavy (non-hydrogen) atoms. The minimum absolute atomic E-state index is 0.0886. The van der Waals surface area contributed by atoms with Crippen LogP contribution in [-0.2, 0) is 9.59 Å². The molecule has 7 heteroatoms. The molecule has 0 aliphatic rings. The van der Waals surface area contributed by atoms with Gasteiger partial charge in [0.1, 0.15) is 11.7 Å². The second-order valence-corrected chi connectivity index (χ2v) is 3.70. The quantitative estimate of drug-likeness (QED) is 0.648. The van der Waals surface area contributed by atoms with Crippen LogP contribution in [0.4, 0.5) is 0 Å². The average molecular weight is 251 g/mol. The summed E-state index contributed by atoms with van der Waals surface area (Å²) in [5.74, 6) is -2.79. The number of carboxylic acids is 1. The summed E-state index contributed by atoms with van der Waals surface area (Å²) >= 11 is 0. The average Bonchev–Trinajstić information content (AvgIpc) is 2.27. The highest BCUT2D eigenvalue weighted by Gasteiger charge is 2.23. The van der Waals surface area contributed by atoms with Crippen LogP contribution in [-0.4, -0.2) is 33.9 Å². The van der Waals surface area contributed by atoms with Gasteiger partial charge >= 0.3 is 5.97 Å². The van der Waals surface area contributed by atoms with E-state index in [1.807, 2.05) is 0 Å². The number of nitrogens with one attached hydrogen (secondary N) is 1. The normalized spacial score (nSPS) is 11.6. The Balaban J connectivity index is 2.78. The van der Waals surface area contributed by atoms with E-state index in [0.29, 0.717) is 5.69 Å². The Hall–Kier alpha value is -2.44. The highest BCUT2D eigenvalue weighted by molar-refractivity contribution is 5.96. The van der Waals surface area contributed by atoms with Crippen molar-refractivity contribution in [1.29, 1.82) is 0 Å². The maximum absolute atomic E-state index is 11.7. The number of aliphatic carboxylic acids is 1. The Bertz CT molecular complexity index is 487. The Morgan fingerprint density at radius 3 is 2.61 bits per heavy atom. The van der Waals surface area contributed by atoms with Crippen molar-refractivity contribution in [3.05, 3.63) is 29.6 Å². The topological polar surface area (TPSA) is 122 Å². The van der Waals surface area contributed by atoms with Crippen molar-refractivity contribution in [2.75, 3.05) is 0 Å². The fraction of sp³-hybridized carbons (Fsp3) is 0.273. The van der Waals surface area contributed by atoms with Crippen LogP contribution in [0, 0.1) is 6.92 Å². The number of carbonyl (C=O) groups excluding carboxylic acids is 2. The lowest BCUT2D eigenvalue weighted by molar-refractivity contribution is -0.140. The van der Waals surface area contributed by atoms with Gasteiger partial charge in [-0.25, -0.2) is 9.78 Å². The SMILES string of the molecule is Cc1cccc(C(=O)NC(CC(N)=O)C(=O)O)n1. The molecule has 0 radical (unpaired) electrons. The zero-order valence-electron chi connectivity index (χ0n) is 9.71. The van der Waals surface area contributed by atoms with Crippen molar-refractivity contribution < 1.29 is 19.5 Å². The van der Waals surface area contributed by atoms with E-state index >= 15 is 0 Å². The van der Waals surface area contributed by atoms with Crippen LogP contribution in [0.1, 0.15) is 22.6 Å². The summed E-state index contributed by atoms with van der Waals surface area (Å²) in [7, 11) is 0. The molecule has 1 unspecified atom stereocenters. The van der Waals surface area contributed by atoms with E-state index in [9.17, 15) is 14.4 Å². The van der Waals surface area contributed by atoms with Gasteiger partial charge in [0.25, 0.3) is 5.91 Å². The summed E-state index contributed by atoms with van der Waals surface area (Å²) in [5, 5.41) is 11.0. The Labute approximate surface area is 103 Å². The molecule has 0 fully saturated rings. The van der Waals surface area contributed by atoms with Gasteiger partial charge in [-0.15, -0.1) is 0 Å². The molecule has 0 saturated heterocycles. The van der Waals surface area contributed by atoms with Gasteiger partial charge in [0.15, 0.2) is 0 Å². The van der Waals surface area contributed by atoms with Crippen LogP contribution >= 0.6 is 0 Å². The van der Waals surface area contributed by atoms with Gasteiger partial charge in [-0.1, -0.05) is 6.07 Å². The Morgan fingerprint density at radius 2 is 2.11 bits per heavy atom. The molecule has 2 amide bonds. The molecule has 4 N–H and O–H groups in total. The zero-order valence-corrected chi connectivity index (χ0v) is 9.71. The minimum atomic E-state index is -1.35. The van der Waals surface area contributed by atoms with Crippen LogP contribution in [0.5, 0.6) is 0 Å². The number of aromatic nitrogens is 1. The fourth-order valence-corrected chi connectivity index (χ4v) is 1.30. The summed E-state index contributed by atoms with van der Waals surface area (Å²) < 4.78 is 0. The fourth-order valence-electron chi connectivity index (χ4n) is 1.30. The van der Waals surface area contributed by atoms with E-state index in [0.717, 1.165) is 0 Å². The lowest BCUT2D eigenvalue weighted by atomic mass is 10.2. The molecule has 96 valence electrons. The van der Waals surface area contributed by atoms with E-state index in [4.69, 9.17) is 10.8 Å². The molecular weight excluding hydrogens is 238 g/mol. The molecule has 0 aliphatic heterocycles. The lowest BCUT2D eigenvalue weighted by Crippen LogP contribution is -2.43. The number of amides is 2. The number of carbonyl (C=O) groups is 3. The number of primary amides is 1. The van der Waals surface area contributed by atoms with Crippen molar-refractivity contribution in [2.24, 2.45) is 5.73 Å². The number of hydrogen-bond acceptors (Lipinski definition) is 4. The second-order valence-electron chi connectivity index (χ2n) is 3.70. The molecule has 0 aromatic carbocycles. The summed E-state index contributed by atoms with van der Waals surface area (Å²) in [6.45, 7) is 1.70. The standard InChI is InChI=1S/C11H13N3O4/c1-6-3-2-4-7(13-6)10(16)14-8(11(17)18)5-9(12)15/h2-4,8H,5H2,1H3,(H2,12,15)(H,14,16)(H,17,18). The van der Waals surface area contributed by atoms with Crippen molar-refractivity contribution in [3.63, 3.8) is 0 Å². The maximum Gasteiger partial charge on any atom is 0.326 e. The molecule has 1 aromatic heterocycles.